The zero-order chi connectivity index (χ0) is 27.4. The molecule has 0 aliphatic heterocycles. The van der Waals surface area contributed by atoms with E-state index in [0.29, 0.717) is 22.7 Å². The highest BCUT2D eigenvalue weighted by atomic mass is 35.5. The van der Waals surface area contributed by atoms with E-state index in [4.69, 9.17) is 17.3 Å². The minimum absolute atomic E-state index is 0.0717. The lowest BCUT2D eigenvalue weighted by molar-refractivity contribution is -0.144. The van der Waals surface area contributed by atoms with Crippen molar-refractivity contribution in [1.82, 2.24) is 5.32 Å². The molecule has 5 rings (SSSR count). The number of phenols is 1. The summed E-state index contributed by atoms with van der Waals surface area (Å²) in [6, 6.07) is 1.43. The van der Waals surface area contributed by atoms with Crippen molar-refractivity contribution in [1.29, 1.82) is 0 Å². The first-order valence-corrected chi connectivity index (χ1v) is 13.6. The topological polar surface area (TPSA) is 170 Å². The molecular formula is C28H33ClN2O7. The van der Waals surface area contributed by atoms with E-state index in [9.17, 15) is 34.8 Å². The third-order valence-electron chi connectivity index (χ3n) is 8.84. The van der Waals surface area contributed by atoms with E-state index in [0.717, 1.165) is 18.9 Å². The van der Waals surface area contributed by atoms with Gasteiger partial charge in [-0.25, -0.2) is 0 Å². The number of Topliss-reactive ketones (excluding diaryl/α,β-unsaturated/α-hetero) is 2. The first-order valence-electron chi connectivity index (χ1n) is 13.3. The molecule has 204 valence electrons. The molecule has 1 unspecified atom stereocenters. The molecule has 4 aliphatic carbocycles. The number of nitrogens with one attached hydrogen (secondary N) is 1. The summed E-state index contributed by atoms with van der Waals surface area (Å²) >= 11 is 6.74. The number of allylic oxidation sites excluding steroid dienone is 2. The van der Waals surface area contributed by atoms with Gasteiger partial charge in [-0.15, -0.1) is 0 Å². The van der Waals surface area contributed by atoms with E-state index >= 15 is 0 Å². The fourth-order valence-corrected chi connectivity index (χ4v) is 7.15. The number of carbonyl (C=O) groups excluding carboxylic acids is 3. The van der Waals surface area contributed by atoms with Gasteiger partial charge in [-0.3, -0.25) is 14.4 Å². The van der Waals surface area contributed by atoms with E-state index in [1.54, 1.807) is 0 Å². The second-order valence-corrected chi connectivity index (χ2v) is 11.5. The van der Waals surface area contributed by atoms with Gasteiger partial charge in [0.15, 0.2) is 11.4 Å². The number of primary amides is 1. The average Bonchev–Trinajstić information content (AvgIpc) is 2.87. The normalized spacial score (nSPS) is 27.7. The van der Waals surface area contributed by atoms with Crippen molar-refractivity contribution in [2.45, 2.75) is 69.9 Å². The highest BCUT2D eigenvalue weighted by molar-refractivity contribution is 6.33. The SMILES string of the molecule is NC(=O)C1=C(O)C[C@@H]2CC3Cc4c(Cl)c(CNCCC5CCCCC5)cc(O)c4C(=O)C3=C(O)[C@]2(O)C1=O. The second kappa shape index (κ2) is 10.0. The summed E-state index contributed by atoms with van der Waals surface area (Å²) in [5.41, 5.74) is 2.70. The van der Waals surface area contributed by atoms with Gasteiger partial charge in [0.25, 0.3) is 5.91 Å². The van der Waals surface area contributed by atoms with Crippen molar-refractivity contribution in [3.8, 4) is 5.75 Å². The number of aliphatic hydroxyl groups is 3. The quantitative estimate of drug-likeness (QED) is 0.234. The van der Waals surface area contributed by atoms with Crippen LogP contribution in [0.4, 0.5) is 0 Å². The minimum atomic E-state index is -2.57. The molecule has 0 spiro atoms. The molecule has 1 fully saturated rings. The van der Waals surface area contributed by atoms with Crippen LogP contribution in [0.5, 0.6) is 5.75 Å². The Balaban J connectivity index is 1.42. The number of carbonyl (C=O) groups is 3. The van der Waals surface area contributed by atoms with Crippen LogP contribution >= 0.6 is 11.6 Å². The van der Waals surface area contributed by atoms with E-state index in [1.165, 1.54) is 38.2 Å². The fourth-order valence-electron chi connectivity index (χ4n) is 6.86. The standard InChI is InChI=1S/C28H33ClN2O7/c29-23-15(12-31-7-6-13-4-2-1-3-5-13)10-18(32)21-17(23)9-14-8-16-11-19(33)22(27(30)37)26(36)28(16,38)25(35)20(14)24(21)34/h10,13-14,16,31-33,35,38H,1-9,11-12H2,(H2,30,37)/t14?,16-,28-/m0/s1. The number of benzene rings is 1. The molecule has 9 nitrogen and oxygen atoms in total. The van der Waals surface area contributed by atoms with Crippen LogP contribution < -0.4 is 11.1 Å². The van der Waals surface area contributed by atoms with Gasteiger partial charge in [0, 0.05) is 29.5 Å². The predicted octanol–water partition coefficient (Wildman–Crippen LogP) is 3.29. The number of halogens is 1. The number of nitrogens with two attached hydrogens (primary N) is 1. The zero-order valence-corrected chi connectivity index (χ0v) is 21.8. The Morgan fingerprint density at radius 2 is 1.84 bits per heavy atom. The van der Waals surface area contributed by atoms with E-state index < -0.39 is 52.0 Å². The van der Waals surface area contributed by atoms with Gasteiger partial charge in [-0.1, -0.05) is 43.7 Å². The van der Waals surface area contributed by atoms with Crippen molar-refractivity contribution >= 4 is 29.1 Å². The predicted molar refractivity (Wildman–Crippen MR) is 139 cm³/mol. The number of hydrogen-bond donors (Lipinski definition) is 6. The Hall–Kier alpha value is -2.88. The molecule has 1 saturated carbocycles. The zero-order valence-electron chi connectivity index (χ0n) is 21.1. The molecule has 7 N–H and O–H groups in total. The Morgan fingerprint density at radius 3 is 2.53 bits per heavy atom. The highest BCUT2D eigenvalue weighted by Gasteiger charge is 2.59. The average molecular weight is 545 g/mol. The lowest BCUT2D eigenvalue weighted by Crippen LogP contribution is -2.57. The Labute approximate surface area is 225 Å². The maximum Gasteiger partial charge on any atom is 0.255 e. The second-order valence-electron chi connectivity index (χ2n) is 11.1. The molecule has 10 heteroatoms. The van der Waals surface area contributed by atoms with E-state index in [2.05, 4.69) is 5.32 Å². The van der Waals surface area contributed by atoms with Crippen molar-refractivity contribution in [2.24, 2.45) is 23.5 Å². The number of phenolic OH excluding ortho intramolecular Hbond substituents is 1. The molecule has 0 radical (unpaired) electrons. The van der Waals surface area contributed by atoms with Crippen molar-refractivity contribution < 1.29 is 34.8 Å². The molecule has 0 saturated heterocycles. The van der Waals surface area contributed by atoms with E-state index in [1.807, 2.05) is 0 Å². The maximum atomic E-state index is 13.6. The van der Waals surface area contributed by atoms with Crippen LogP contribution in [-0.4, -0.2) is 50.0 Å². The smallest absolute Gasteiger partial charge is 0.255 e. The first kappa shape index (κ1) is 26.7. The first-order chi connectivity index (χ1) is 18.1. The summed E-state index contributed by atoms with van der Waals surface area (Å²) in [5, 5.41) is 47.2. The van der Waals surface area contributed by atoms with Gasteiger partial charge in [0.1, 0.15) is 22.8 Å². The number of ketones is 2. The largest absolute Gasteiger partial charge is 0.511 e. The summed E-state index contributed by atoms with van der Waals surface area (Å²) in [5.74, 6) is -5.77. The Bertz CT molecular complexity index is 1280. The van der Waals surface area contributed by atoms with Crippen molar-refractivity contribution in [3.63, 3.8) is 0 Å². The summed E-state index contributed by atoms with van der Waals surface area (Å²) < 4.78 is 0. The number of amides is 1. The molecular weight excluding hydrogens is 512 g/mol. The van der Waals surface area contributed by atoms with Gasteiger partial charge in [0.05, 0.1) is 5.56 Å². The van der Waals surface area contributed by atoms with Gasteiger partial charge in [-0.2, -0.15) is 0 Å². The molecule has 0 bridgehead atoms. The van der Waals surface area contributed by atoms with Crippen LogP contribution in [-0.2, 0) is 22.6 Å². The third kappa shape index (κ3) is 4.21. The summed E-state index contributed by atoms with van der Waals surface area (Å²) in [6.07, 6.45) is 7.46. The molecule has 1 aromatic carbocycles. The number of hydrogen-bond acceptors (Lipinski definition) is 8. The van der Waals surface area contributed by atoms with Crippen LogP contribution in [0.2, 0.25) is 5.02 Å². The van der Waals surface area contributed by atoms with Crippen LogP contribution in [0.25, 0.3) is 0 Å². The van der Waals surface area contributed by atoms with Gasteiger partial charge < -0.3 is 31.5 Å². The number of rotatable bonds is 6. The van der Waals surface area contributed by atoms with Crippen LogP contribution in [0.1, 0.15) is 72.9 Å². The summed E-state index contributed by atoms with van der Waals surface area (Å²) in [7, 11) is 0. The summed E-state index contributed by atoms with van der Waals surface area (Å²) in [6.45, 7) is 1.24. The van der Waals surface area contributed by atoms with Gasteiger partial charge >= 0.3 is 0 Å². The fraction of sp³-hybridized carbons (Fsp3) is 0.536. The third-order valence-corrected chi connectivity index (χ3v) is 9.31. The molecule has 3 atom stereocenters. The maximum absolute atomic E-state index is 13.6. The van der Waals surface area contributed by atoms with Crippen molar-refractivity contribution in [3.05, 3.63) is 50.4 Å². The number of fused-ring (bicyclic) bond motifs is 3. The number of aromatic hydroxyl groups is 1. The Morgan fingerprint density at radius 1 is 1.13 bits per heavy atom. The van der Waals surface area contributed by atoms with Gasteiger partial charge in [-0.05, 0) is 54.8 Å². The molecule has 0 heterocycles. The monoisotopic (exact) mass is 544 g/mol. The van der Waals surface area contributed by atoms with Crippen LogP contribution in [0, 0.1) is 17.8 Å². The molecule has 38 heavy (non-hydrogen) atoms. The van der Waals surface area contributed by atoms with E-state index in [-0.39, 0.29) is 36.1 Å². The lowest BCUT2D eigenvalue weighted by atomic mass is 9.60. The van der Waals surface area contributed by atoms with Gasteiger partial charge in [0.2, 0.25) is 5.78 Å². The number of aliphatic hydroxyl groups excluding tert-OH is 2. The molecule has 1 amide bonds. The molecule has 4 aliphatic rings. The van der Waals surface area contributed by atoms with Crippen molar-refractivity contribution in [2.75, 3.05) is 6.54 Å². The summed E-state index contributed by atoms with van der Waals surface area (Å²) in [4.78, 5) is 38.3. The van der Waals surface area contributed by atoms with Crippen LogP contribution in [0.15, 0.2) is 28.7 Å². The molecule has 1 aromatic rings. The van der Waals surface area contributed by atoms with Crippen LogP contribution in [0.3, 0.4) is 0 Å². The highest BCUT2D eigenvalue weighted by Crippen LogP contribution is 2.52. The minimum Gasteiger partial charge on any atom is -0.511 e. The lowest BCUT2D eigenvalue weighted by Gasteiger charge is -2.45. The molecule has 0 aromatic heterocycles. The Kier molecular flexibility index (Phi) is 7.04.